The lowest BCUT2D eigenvalue weighted by Gasteiger charge is -2.37. The Balaban J connectivity index is 1.66. The normalized spacial score (nSPS) is 28.5. The van der Waals surface area contributed by atoms with Gasteiger partial charge in [0.05, 0.1) is 12.1 Å². The van der Waals surface area contributed by atoms with Crippen LogP contribution >= 0.6 is 0 Å². The highest BCUT2D eigenvalue weighted by Crippen LogP contribution is 2.23. The lowest BCUT2D eigenvalue weighted by molar-refractivity contribution is -0.123. The largest absolute Gasteiger partial charge is 0.389 e. The molecule has 22 heavy (non-hydrogen) atoms. The molecule has 5 heteroatoms. The van der Waals surface area contributed by atoms with Crippen LogP contribution < -0.4 is 5.32 Å². The molecule has 1 saturated heterocycles. The maximum Gasteiger partial charge on any atom is 0.234 e. The second-order valence-corrected chi connectivity index (χ2v) is 7.90. The SMILES string of the molecule is CC1CCCC(NC(=O)CN2CCN(CC(C)(C)O)CC2)C1. The zero-order chi connectivity index (χ0) is 16.2. The molecule has 0 radical (unpaired) electrons. The predicted octanol–water partition coefficient (Wildman–Crippen LogP) is 1.07. The molecule has 0 aromatic rings. The summed E-state index contributed by atoms with van der Waals surface area (Å²) in [7, 11) is 0. The quantitative estimate of drug-likeness (QED) is 0.797. The van der Waals surface area contributed by atoms with E-state index in [1.54, 1.807) is 0 Å². The minimum Gasteiger partial charge on any atom is -0.389 e. The Morgan fingerprint density at radius 2 is 1.82 bits per heavy atom. The Morgan fingerprint density at radius 3 is 2.41 bits per heavy atom. The van der Waals surface area contributed by atoms with Gasteiger partial charge in [-0.25, -0.2) is 0 Å². The highest BCUT2D eigenvalue weighted by atomic mass is 16.3. The minimum atomic E-state index is -0.642. The van der Waals surface area contributed by atoms with Crippen LogP contribution in [0.1, 0.15) is 46.5 Å². The fourth-order valence-corrected chi connectivity index (χ4v) is 3.69. The maximum absolute atomic E-state index is 12.2. The van der Waals surface area contributed by atoms with Crippen molar-refractivity contribution in [1.82, 2.24) is 15.1 Å². The van der Waals surface area contributed by atoms with Crippen molar-refractivity contribution in [2.45, 2.75) is 58.1 Å². The van der Waals surface area contributed by atoms with Crippen molar-refractivity contribution in [3.8, 4) is 0 Å². The van der Waals surface area contributed by atoms with Crippen molar-refractivity contribution in [1.29, 1.82) is 0 Å². The van der Waals surface area contributed by atoms with E-state index in [2.05, 4.69) is 22.0 Å². The van der Waals surface area contributed by atoms with Gasteiger partial charge in [-0.3, -0.25) is 14.6 Å². The summed E-state index contributed by atoms with van der Waals surface area (Å²) in [5.41, 5.74) is -0.642. The number of nitrogens with one attached hydrogen (secondary N) is 1. The summed E-state index contributed by atoms with van der Waals surface area (Å²) in [6.45, 7) is 10.9. The van der Waals surface area contributed by atoms with Gasteiger partial charge in [0.1, 0.15) is 0 Å². The Labute approximate surface area is 135 Å². The van der Waals surface area contributed by atoms with E-state index in [0.717, 1.165) is 44.9 Å². The second kappa shape index (κ2) is 7.75. The average molecular weight is 311 g/mol. The van der Waals surface area contributed by atoms with Crippen LogP contribution in [0.2, 0.25) is 0 Å². The molecule has 128 valence electrons. The zero-order valence-corrected chi connectivity index (χ0v) is 14.5. The van der Waals surface area contributed by atoms with Gasteiger partial charge in [-0.1, -0.05) is 19.8 Å². The van der Waals surface area contributed by atoms with Gasteiger partial charge in [-0.05, 0) is 32.6 Å². The molecule has 2 fully saturated rings. The van der Waals surface area contributed by atoms with E-state index < -0.39 is 5.60 Å². The number of aliphatic hydroxyl groups is 1. The molecule has 2 atom stereocenters. The number of hydrogen-bond donors (Lipinski definition) is 2. The fourth-order valence-electron chi connectivity index (χ4n) is 3.69. The number of carbonyl (C=O) groups excluding carboxylic acids is 1. The first kappa shape index (κ1) is 17.7. The smallest absolute Gasteiger partial charge is 0.234 e. The van der Waals surface area contributed by atoms with E-state index in [9.17, 15) is 9.90 Å². The summed E-state index contributed by atoms with van der Waals surface area (Å²) in [5.74, 6) is 0.916. The number of piperazine rings is 1. The molecule has 0 bridgehead atoms. The summed E-state index contributed by atoms with van der Waals surface area (Å²) in [5, 5.41) is 13.1. The summed E-state index contributed by atoms with van der Waals surface area (Å²) in [6, 6.07) is 0.382. The molecular weight excluding hydrogens is 278 g/mol. The molecule has 2 unspecified atom stereocenters. The van der Waals surface area contributed by atoms with Crippen LogP contribution in [0.5, 0.6) is 0 Å². The highest BCUT2D eigenvalue weighted by Gasteiger charge is 2.25. The van der Waals surface area contributed by atoms with Crippen molar-refractivity contribution < 1.29 is 9.90 Å². The topological polar surface area (TPSA) is 55.8 Å². The molecule has 2 aliphatic rings. The first-order valence-electron chi connectivity index (χ1n) is 8.78. The van der Waals surface area contributed by atoms with Crippen LogP contribution in [0.4, 0.5) is 0 Å². The van der Waals surface area contributed by atoms with Gasteiger partial charge in [0, 0.05) is 38.8 Å². The second-order valence-electron chi connectivity index (χ2n) is 7.90. The van der Waals surface area contributed by atoms with Gasteiger partial charge in [-0.2, -0.15) is 0 Å². The molecule has 1 saturated carbocycles. The van der Waals surface area contributed by atoms with Crippen LogP contribution in [0, 0.1) is 5.92 Å². The molecule has 2 rings (SSSR count). The van der Waals surface area contributed by atoms with E-state index in [4.69, 9.17) is 0 Å². The molecule has 0 aromatic carbocycles. The molecule has 5 nitrogen and oxygen atoms in total. The average Bonchev–Trinajstić information content (AvgIpc) is 2.39. The lowest BCUT2D eigenvalue weighted by atomic mass is 9.87. The van der Waals surface area contributed by atoms with Crippen molar-refractivity contribution in [2.75, 3.05) is 39.3 Å². The van der Waals surface area contributed by atoms with Crippen LogP contribution in [-0.4, -0.2) is 71.7 Å². The van der Waals surface area contributed by atoms with E-state index in [1.165, 1.54) is 12.8 Å². The zero-order valence-electron chi connectivity index (χ0n) is 14.5. The molecule has 0 aromatic heterocycles. The van der Waals surface area contributed by atoms with Gasteiger partial charge < -0.3 is 10.4 Å². The summed E-state index contributed by atoms with van der Waals surface area (Å²) < 4.78 is 0. The van der Waals surface area contributed by atoms with E-state index in [-0.39, 0.29) is 5.91 Å². The van der Waals surface area contributed by atoms with Gasteiger partial charge >= 0.3 is 0 Å². The summed E-state index contributed by atoms with van der Waals surface area (Å²) >= 11 is 0. The Hall–Kier alpha value is -0.650. The van der Waals surface area contributed by atoms with E-state index in [1.807, 2.05) is 13.8 Å². The summed E-state index contributed by atoms with van der Waals surface area (Å²) in [4.78, 5) is 16.7. The molecule has 1 amide bonds. The molecule has 0 spiro atoms. The van der Waals surface area contributed by atoms with Gasteiger partial charge in [0.25, 0.3) is 0 Å². The number of nitrogens with zero attached hydrogens (tertiary/aromatic N) is 2. The number of carbonyl (C=O) groups is 1. The van der Waals surface area contributed by atoms with Crippen molar-refractivity contribution >= 4 is 5.91 Å². The van der Waals surface area contributed by atoms with Gasteiger partial charge in [0.2, 0.25) is 5.91 Å². The standard InChI is InChI=1S/C17H33N3O2/c1-14-5-4-6-15(11-14)18-16(21)12-19-7-9-20(10-8-19)13-17(2,3)22/h14-15,22H,4-13H2,1-3H3,(H,18,21). The first-order valence-corrected chi connectivity index (χ1v) is 8.78. The van der Waals surface area contributed by atoms with Crippen molar-refractivity contribution in [3.05, 3.63) is 0 Å². The third-order valence-corrected chi connectivity index (χ3v) is 4.74. The van der Waals surface area contributed by atoms with Crippen molar-refractivity contribution in [3.63, 3.8) is 0 Å². The number of rotatable bonds is 5. The van der Waals surface area contributed by atoms with Gasteiger partial charge in [0.15, 0.2) is 0 Å². The molecule has 2 N–H and O–H groups in total. The van der Waals surface area contributed by atoms with Crippen molar-refractivity contribution in [2.24, 2.45) is 5.92 Å². The molecular formula is C17H33N3O2. The van der Waals surface area contributed by atoms with Gasteiger partial charge in [-0.15, -0.1) is 0 Å². The van der Waals surface area contributed by atoms with Crippen LogP contribution in [0.25, 0.3) is 0 Å². The monoisotopic (exact) mass is 311 g/mol. The fraction of sp³-hybridized carbons (Fsp3) is 0.941. The molecule has 1 aliphatic heterocycles. The van der Waals surface area contributed by atoms with Crippen LogP contribution in [-0.2, 0) is 4.79 Å². The van der Waals surface area contributed by atoms with Crippen LogP contribution in [0.3, 0.4) is 0 Å². The predicted molar refractivity (Wildman–Crippen MR) is 88.7 cm³/mol. The van der Waals surface area contributed by atoms with Crippen LogP contribution in [0.15, 0.2) is 0 Å². The third-order valence-electron chi connectivity index (χ3n) is 4.74. The third kappa shape index (κ3) is 6.23. The number of amides is 1. The van der Waals surface area contributed by atoms with E-state index in [0.29, 0.717) is 19.1 Å². The lowest BCUT2D eigenvalue weighted by Crippen LogP contribution is -2.53. The maximum atomic E-state index is 12.2. The summed E-state index contributed by atoms with van der Waals surface area (Å²) in [6.07, 6.45) is 4.80. The Bertz CT molecular complexity index is 359. The first-order chi connectivity index (χ1) is 10.3. The Morgan fingerprint density at radius 1 is 1.18 bits per heavy atom. The molecule has 1 heterocycles. The number of β-amino-alcohol motifs (C(OH)–C–C–N with tert-alkyl or cyclic N) is 1. The highest BCUT2D eigenvalue weighted by molar-refractivity contribution is 5.78. The minimum absolute atomic E-state index is 0.176. The molecule has 1 aliphatic carbocycles. The number of hydrogen-bond acceptors (Lipinski definition) is 4. The van der Waals surface area contributed by atoms with E-state index >= 15 is 0 Å². The Kier molecular flexibility index (Phi) is 6.24.